The summed E-state index contributed by atoms with van der Waals surface area (Å²) < 4.78 is 56.2. The number of aliphatic hydroxyl groups excluding tert-OH is 2. The number of hydrogen-bond donors (Lipinski definition) is 2. The Hall–Kier alpha value is -3.19. The number of nitrogens with zero attached hydrogens (tertiary/aromatic N) is 5. The van der Waals surface area contributed by atoms with Gasteiger partial charge in [-0.1, -0.05) is 35.3 Å². The van der Waals surface area contributed by atoms with E-state index in [1.54, 1.807) is 0 Å². The van der Waals surface area contributed by atoms with Crippen LogP contribution in [0.5, 0.6) is 0 Å². The Morgan fingerprint density at radius 3 is 2.35 bits per heavy atom. The van der Waals surface area contributed by atoms with Crippen molar-refractivity contribution in [3.8, 4) is 16.9 Å². The first-order valence-electron chi connectivity index (χ1n) is 10.7. The predicted molar refractivity (Wildman–Crippen MR) is 127 cm³/mol. The zero-order chi connectivity index (χ0) is 27.1. The molecule has 8 nitrogen and oxygen atoms in total. The molecule has 0 bridgehead atoms. The summed E-state index contributed by atoms with van der Waals surface area (Å²) >= 11 is 11.8. The standard InChI is InChI=1S/C23H19Cl2F4N5O3/c1-12(35)21-30-20(34(31-21)15-6-7-17(26)16(25)8-15)11-32-9-18(13-2-4-14(24)5-3-13)33(22(32)37)10-19(36)23(27,28)29/h2-9,12,19,35-36H,10-11H2,1H3/t12-,19?/m0/s1. The minimum absolute atomic E-state index is 0.00616. The van der Waals surface area contributed by atoms with Crippen molar-refractivity contribution in [2.75, 3.05) is 0 Å². The van der Waals surface area contributed by atoms with E-state index in [0.717, 1.165) is 15.2 Å². The fourth-order valence-corrected chi connectivity index (χ4v) is 3.87. The van der Waals surface area contributed by atoms with Crippen LogP contribution in [0.2, 0.25) is 10.0 Å². The number of alkyl halides is 3. The third-order valence-electron chi connectivity index (χ3n) is 5.44. The third-order valence-corrected chi connectivity index (χ3v) is 5.98. The van der Waals surface area contributed by atoms with Crippen LogP contribution in [0, 0.1) is 5.82 Å². The molecule has 2 heterocycles. The Labute approximate surface area is 216 Å². The Morgan fingerprint density at radius 2 is 1.76 bits per heavy atom. The van der Waals surface area contributed by atoms with Crippen LogP contribution in [-0.2, 0) is 13.1 Å². The lowest BCUT2D eigenvalue weighted by Crippen LogP contribution is -2.37. The molecule has 0 amide bonds. The van der Waals surface area contributed by atoms with Crippen LogP contribution in [0.4, 0.5) is 17.6 Å². The van der Waals surface area contributed by atoms with E-state index in [4.69, 9.17) is 23.2 Å². The summed E-state index contributed by atoms with van der Waals surface area (Å²) in [6.45, 7) is 0.0800. The molecule has 0 aliphatic heterocycles. The predicted octanol–water partition coefficient (Wildman–Crippen LogP) is 4.37. The molecule has 0 spiro atoms. The van der Waals surface area contributed by atoms with Crippen molar-refractivity contribution in [2.45, 2.75) is 38.4 Å². The van der Waals surface area contributed by atoms with Crippen LogP contribution in [0.15, 0.2) is 53.5 Å². The molecule has 0 aliphatic rings. The van der Waals surface area contributed by atoms with E-state index in [-0.39, 0.29) is 34.6 Å². The van der Waals surface area contributed by atoms with Gasteiger partial charge >= 0.3 is 11.9 Å². The third kappa shape index (κ3) is 5.72. The molecule has 4 aromatic rings. The molecular weight excluding hydrogens is 541 g/mol. The minimum atomic E-state index is -4.95. The Morgan fingerprint density at radius 1 is 1.08 bits per heavy atom. The average molecular weight is 560 g/mol. The second-order valence-corrected chi connectivity index (χ2v) is 9.02. The molecular formula is C23H19Cl2F4N5O3. The van der Waals surface area contributed by atoms with Gasteiger partial charge in [0.25, 0.3) is 0 Å². The highest BCUT2D eigenvalue weighted by Crippen LogP contribution is 2.26. The van der Waals surface area contributed by atoms with E-state index in [0.29, 0.717) is 10.6 Å². The lowest BCUT2D eigenvalue weighted by atomic mass is 10.1. The van der Waals surface area contributed by atoms with Crippen LogP contribution >= 0.6 is 23.2 Å². The highest BCUT2D eigenvalue weighted by atomic mass is 35.5. The molecule has 2 aromatic heterocycles. The number of imidazole rings is 1. The number of benzene rings is 2. The van der Waals surface area contributed by atoms with Gasteiger partial charge in [0.15, 0.2) is 17.8 Å². The zero-order valence-electron chi connectivity index (χ0n) is 19.0. The van der Waals surface area contributed by atoms with Gasteiger partial charge in [-0.05, 0) is 42.8 Å². The zero-order valence-corrected chi connectivity index (χ0v) is 20.5. The van der Waals surface area contributed by atoms with Crippen LogP contribution in [-0.4, -0.2) is 46.4 Å². The fourth-order valence-electron chi connectivity index (χ4n) is 3.57. The van der Waals surface area contributed by atoms with Crippen molar-refractivity contribution in [1.82, 2.24) is 23.9 Å². The number of aromatic nitrogens is 5. The monoisotopic (exact) mass is 559 g/mol. The summed E-state index contributed by atoms with van der Waals surface area (Å²) in [7, 11) is 0. The molecule has 0 radical (unpaired) electrons. The molecule has 196 valence electrons. The lowest BCUT2D eigenvalue weighted by Gasteiger charge is -2.16. The SMILES string of the molecule is C[C@H](O)c1nc(Cn2cc(-c3ccc(Cl)cc3)n(CC(O)C(F)(F)F)c2=O)n(-c2ccc(F)c(Cl)c2)n1. The molecule has 2 N–H and O–H groups in total. The van der Waals surface area contributed by atoms with Gasteiger partial charge in [0.2, 0.25) is 0 Å². The smallest absolute Gasteiger partial charge is 0.385 e. The molecule has 2 atom stereocenters. The second-order valence-electron chi connectivity index (χ2n) is 8.17. The second kappa shape index (κ2) is 10.3. The number of halogens is 6. The van der Waals surface area contributed by atoms with Crippen LogP contribution < -0.4 is 5.69 Å². The average Bonchev–Trinajstić information content (AvgIpc) is 3.38. The molecule has 2 aromatic carbocycles. The molecule has 4 rings (SSSR count). The summed E-state index contributed by atoms with van der Waals surface area (Å²) in [4.78, 5) is 17.5. The van der Waals surface area contributed by atoms with E-state index in [1.807, 2.05) is 0 Å². The normalized spacial score (nSPS) is 13.6. The van der Waals surface area contributed by atoms with Gasteiger partial charge in [0.1, 0.15) is 11.9 Å². The van der Waals surface area contributed by atoms with Crippen LogP contribution in [0.25, 0.3) is 16.9 Å². The van der Waals surface area contributed by atoms with Gasteiger partial charge in [-0.2, -0.15) is 13.2 Å². The summed E-state index contributed by atoms with van der Waals surface area (Å²) in [5, 5.41) is 24.0. The van der Waals surface area contributed by atoms with Gasteiger partial charge in [0.05, 0.1) is 29.5 Å². The number of aliphatic hydroxyl groups is 2. The Bertz CT molecular complexity index is 1480. The van der Waals surface area contributed by atoms with Crippen molar-refractivity contribution in [3.63, 3.8) is 0 Å². The summed E-state index contributed by atoms with van der Waals surface area (Å²) in [6.07, 6.45) is -7.52. The van der Waals surface area contributed by atoms with Gasteiger partial charge < -0.3 is 10.2 Å². The quantitative estimate of drug-likeness (QED) is 0.328. The molecule has 0 saturated carbocycles. The molecule has 0 aliphatic carbocycles. The van der Waals surface area contributed by atoms with E-state index in [9.17, 15) is 32.6 Å². The Balaban J connectivity index is 1.82. The van der Waals surface area contributed by atoms with E-state index in [2.05, 4.69) is 10.1 Å². The van der Waals surface area contributed by atoms with Gasteiger partial charge in [-0.15, -0.1) is 5.10 Å². The topological polar surface area (TPSA) is 98.1 Å². The van der Waals surface area contributed by atoms with Gasteiger partial charge in [-0.25, -0.2) is 18.9 Å². The summed E-state index contributed by atoms with van der Waals surface area (Å²) in [5.41, 5.74) is -0.111. The van der Waals surface area contributed by atoms with Crippen LogP contribution in [0.1, 0.15) is 24.7 Å². The maximum absolute atomic E-state index is 13.7. The first-order chi connectivity index (χ1) is 17.3. The first-order valence-corrected chi connectivity index (χ1v) is 11.5. The lowest BCUT2D eigenvalue weighted by molar-refractivity contribution is -0.207. The first kappa shape index (κ1) is 26.9. The molecule has 37 heavy (non-hydrogen) atoms. The van der Waals surface area contributed by atoms with E-state index >= 15 is 0 Å². The van der Waals surface area contributed by atoms with Gasteiger partial charge in [-0.3, -0.25) is 9.13 Å². The van der Waals surface area contributed by atoms with Crippen LogP contribution in [0.3, 0.4) is 0 Å². The van der Waals surface area contributed by atoms with E-state index in [1.165, 1.54) is 54.2 Å². The van der Waals surface area contributed by atoms with Crippen molar-refractivity contribution >= 4 is 23.2 Å². The summed E-state index contributed by atoms with van der Waals surface area (Å²) in [5.74, 6) is -0.572. The summed E-state index contributed by atoms with van der Waals surface area (Å²) in [6, 6.07) is 9.79. The molecule has 0 fully saturated rings. The van der Waals surface area contributed by atoms with Crippen molar-refractivity contribution in [1.29, 1.82) is 0 Å². The molecule has 1 unspecified atom stereocenters. The molecule has 14 heteroatoms. The van der Waals surface area contributed by atoms with Gasteiger partial charge in [0, 0.05) is 11.2 Å². The van der Waals surface area contributed by atoms with E-state index < -0.39 is 36.4 Å². The number of rotatable bonds is 7. The van der Waals surface area contributed by atoms with Crippen molar-refractivity contribution in [2.24, 2.45) is 0 Å². The fraction of sp³-hybridized carbons (Fsp3) is 0.261. The maximum Gasteiger partial charge on any atom is 0.416 e. The highest BCUT2D eigenvalue weighted by Gasteiger charge is 2.39. The largest absolute Gasteiger partial charge is 0.416 e. The Kier molecular flexibility index (Phi) is 7.47. The molecule has 0 saturated heterocycles. The number of hydrogen-bond acceptors (Lipinski definition) is 5. The highest BCUT2D eigenvalue weighted by molar-refractivity contribution is 6.31. The minimum Gasteiger partial charge on any atom is -0.385 e. The van der Waals surface area contributed by atoms with Crippen molar-refractivity contribution < 1.29 is 27.8 Å². The maximum atomic E-state index is 13.7. The van der Waals surface area contributed by atoms with Crippen molar-refractivity contribution in [3.05, 3.63) is 86.7 Å².